The number of nitrogen functional groups attached to an aromatic ring is 1. The molecule has 0 saturated carbocycles. The summed E-state index contributed by atoms with van der Waals surface area (Å²) in [5.74, 6) is 0.654. The van der Waals surface area contributed by atoms with Crippen molar-refractivity contribution in [2.24, 2.45) is 0 Å². The zero-order chi connectivity index (χ0) is 13.1. The lowest BCUT2D eigenvalue weighted by Gasteiger charge is -2.09. The number of benzene rings is 1. The standard InChI is InChI=1S/C12H7BrClN3O/c13-10-8(16)2-1-3-9(10)18-12-11(14)7(6-15)4-5-17-12/h1-5H,16H2. The second-order valence-corrected chi connectivity index (χ2v) is 4.52. The van der Waals surface area contributed by atoms with Crippen molar-refractivity contribution in [3.63, 3.8) is 0 Å². The van der Waals surface area contributed by atoms with E-state index in [0.29, 0.717) is 21.5 Å². The molecule has 4 nitrogen and oxygen atoms in total. The van der Waals surface area contributed by atoms with Gasteiger partial charge in [0.1, 0.15) is 16.8 Å². The molecule has 0 radical (unpaired) electrons. The first-order valence-electron chi connectivity index (χ1n) is 4.90. The highest BCUT2D eigenvalue weighted by atomic mass is 79.9. The normalized spacial score (nSPS) is 9.83. The van der Waals surface area contributed by atoms with Gasteiger partial charge in [-0.15, -0.1) is 0 Å². The van der Waals surface area contributed by atoms with Crippen molar-refractivity contribution < 1.29 is 4.74 Å². The Labute approximate surface area is 117 Å². The topological polar surface area (TPSA) is 71.9 Å². The van der Waals surface area contributed by atoms with Gasteiger partial charge < -0.3 is 10.5 Å². The van der Waals surface area contributed by atoms with Crippen LogP contribution in [-0.2, 0) is 0 Å². The maximum atomic E-state index is 8.86. The minimum atomic E-state index is 0.169. The van der Waals surface area contributed by atoms with Crippen LogP contribution in [0.25, 0.3) is 0 Å². The number of anilines is 1. The molecular weight excluding hydrogens is 318 g/mol. The van der Waals surface area contributed by atoms with Crippen molar-refractivity contribution in [3.8, 4) is 17.7 Å². The molecule has 0 amide bonds. The van der Waals surface area contributed by atoms with Crippen molar-refractivity contribution in [2.75, 3.05) is 5.73 Å². The summed E-state index contributed by atoms with van der Waals surface area (Å²) < 4.78 is 6.16. The van der Waals surface area contributed by atoms with E-state index in [0.717, 1.165) is 0 Å². The van der Waals surface area contributed by atoms with Crippen LogP contribution in [0, 0.1) is 11.3 Å². The number of nitrogens with zero attached hydrogens (tertiary/aromatic N) is 2. The summed E-state index contributed by atoms with van der Waals surface area (Å²) in [7, 11) is 0. The van der Waals surface area contributed by atoms with Crippen LogP contribution >= 0.6 is 27.5 Å². The Morgan fingerprint density at radius 2 is 2.17 bits per heavy atom. The molecular formula is C12H7BrClN3O. The van der Waals surface area contributed by atoms with Crippen LogP contribution < -0.4 is 10.5 Å². The van der Waals surface area contributed by atoms with Gasteiger partial charge in [-0.3, -0.25) is 0 Å². The van der Waals surface area contributed by atoms with Gasteiger partial charge in [-0.1, -0.05) is 17.7 Å². The third-order valence-corrected chi connectivity index (χ3v) is 3.39. The van der Waals surface area contributed by atoms with Crippen LogP contribution in [0.2, 0.25) is 5.02 Å². The van der Waals surface area contributed by atoms with Crippen molar-refractivity contribution in [1.82, 2.24) is 4.98 Å². The summed E-state index contributed by atoms with van der Waals surface area (Å²) in [6.07, 6.45) is 1.46. The highest BCUT2D eigenvalue weighted by Gasteiger charge is 2.12. The number of halogens is 2. The second-order valence-electron chi connectivity index (χ2n) is 3.35. The van der Waals surface area contributed by atoms with Gasteiger partial charge in [-0.25, -0.2) is 4.98 Å². The molecule has 0 aliphatic rings. The van der Waals surface area contributed by atoms with Gasteiger partial charge in [0, 0.05) is 11.9 Å². The van der Waals surface area contributed by atoms with Gasteiger partial charge in [0.15, 0.2) is 0 Å². The fraction of sp³-hybridized carbons (Fsp3) is 0. The summed E-state index contributed by atoms with van der Waals surface area (Å²) in [6.45, 7) is 0. The number of nitrogens with two attached hydrogens (primary N) is 1. The monoisotopic (exact) mass is 323 g/mol. The molecule has 1 heterocycles. The predicted octanol–water partition coefficient (Wildman–Crippen LogP) is 3.74. The fourth-order valence-corrected chi connectivity index (χ4v) is 1.83. The number of hydrogen-bond acceptors (Lipinski definition) is 4. The van der Waals surface area contributed by atoms with Gasteiger partial charge in [0.05, 0.1) is 10.0 Å². The molecule has 0 aliphatic carbocycles. The van der Waals surface area contributed by atoms with E-state index < -0.39 is 0 Å². The van der Waals surface area contributed by atoms with Crippen LogP contribution in [0.15, 0.2) is 34.9 Å². The third-order valence-electron chi connectivity index (χ3n) is 2.18. The fourth-order valence-electron chi connectivity index (χ4n) is 1.29. The number of hydrogen-bond donors (Lipinski definition) is 1. The summed E-state index contributed by atoms with van der Waals surface area (Å²) in [6, 6.07) is 8.68. The Bertz CT molecular complexity index is 640. The number of rotatable bonds is 2. The van der Waals surface area contributed by atoms with Crippen LogP contribution in [0.4, 0.5) is 5.69 Å². The largest absolute Gasteiger partial charge is 0.436 e. The molecule has 18 heavy (non-hydrogen) atoms. The average molecular weight is 325 g/mol. The molecule has 0 unspecified atom stereocenters. The van der Waals surface area contributed by atoms with Crippen LogP contribution in [-0.4, -0.2) is 4.98 Å². The van der Waals surface area contributed by atoms with Crippen LogP contribution in [0.5, 0.6) is 11.6 Å². The number of ether oxygens (including phenoxy) is 1. The molecule has 0 atom stereocenters. The molecule has 0 bridgehead atoms. The van der Waals surface area contributed by atoms with E-state index in [1.165, 1.54) is 12.3 Å². The van der Waals surface area contributed by atoms with Gasteiger partial charge in [-0.05, 0) is 34.1 Å². The van der Waals surface area contributed by atoms with Gasteiger partial charge >= 0.3 is 0 Å². The van der Waals surface area contributed by atoms with Crippen LogP contribution in [0.3, 0.4) is 0 Å². The first-order valence-corrected chi connectivity index (χ1v) is 6.07. The Morgan fingerprint density at radius 3 is 2.89 bits per heavy atom. The zero-order valence-electron chi connectivity index (χ0n) is 9.02. The molecule has 0 aliphatic heterocycles. The molecule has 1 aromatic heterocycles. The van der Waals surface area contributed by atoms with E-state index in [2.05, 4.69) is 20.9 Å². The van der Waals surface area contributed by atoms with E-state index in [-0.39, 0.29) is 10.9 Å². The maximum Gasteiger partial charge on any atom is 0.239 e. The maximum absolute atomic E-state index is 8.86. The lowest BCUT2D eigenvalue weighted by Crippen LogP contribution is -1.94. The molecule has 90 valence electrons. The Morgan fingerprint density at radius 1 is 1.39 bits per heavy atom. The SMILES string of the molecule is N#Cc1ccnc(Oc2cccc(N)c2Br)c1Cl. The summed E-state index contributed by atoms with van der Waals surface area (Å²) in [5.41, 5.74) is 6.58. The van der Waals surface area contributed by atoms with Gasteiger partial charge in [0.25, 0.3) is 0 Å². The summed E-state index contributed by atoms with van der Waals surface area (Å²) in [4.78, 5) is 3.99. The quantitative estimate of drug-likeness (QED) is 0.854. The average Bonchev–Trinajstić information content (AvgIpc) is 2.37. The van der Waals surface area contributed by atoms with Gasteiger partial charge in [0.2, 0.25) is 5.88 Å². The van der Waals surface area contributed by atoms with Crippen molar-refractivity contribution in [1.29, 1.82) is 5.26 Å². The molecule has 2 aromatic rings. The number of pyridine rings is 1. The highest BCUT2D eigenvalue weighted by molar-refractivity contribution is 9.10. The molecule has 1 aromatic carbocycles. The van der Waals surface area contributed by atoms with Crippen molar-refractivity contribution in [3.05, 3.63) is 45.5 Å². The van der Waals surface area contributed by atoms with E-state index in [1.807, 2.05) is 6.07 Å². The van der Waals surface area contributed by atoms with Crippen molar-refractivity contribution in [2.45, 2.75) is 0 Å². The lowest BCUT2D eigenvalue weighted by molar-refractivity contribution is 0.460. The minimum absolute atomic E-state index is 0.169. The number of nitriles is 1. The first-order chi connectivity index (χ1) is 8.63. The third kappa shape index (κ3) is 2.40. The van der Waals surface area contributed by atoms with Gasteiger partial charge in [-0.2, -0.15) is 5.26 Å². The summed E-state index contributed by atoms with van der Waals surface area (Å²) >= 11 is 9.31. The smallest absolute Gasteiger partial charge is 0.239 e. The Kier molecular flexibility index (Phi) is 3.70. The molecule has 0 fully saturated rings. The van der Waals surface area contributed by atoms with Crippen molar-refractivity contribution >= 4 is 33.2 Å². The van der Waals surface area contributed by atoms with Crippen LogP contribution in [0.1, 0.15) is 5.56 Å². The zero-order valence-corrected chi connectivity index (χ0v) is 11.4. The molecule has 2 N–H and O–H groups in total. The first kappa shape index (κ1) is 12.7. The van der Waals surface area contributed by atoms with E-state index >= 15 is 0 Å². The Hall–Kier alpha value is -1.77. The molecule has 0 spiro atoms. The molecule has 0 saturated heterocycles. The predicted molar refractivity (Wildman–Crippen MR) is 72.6 cm³/mol. The van der Waals surface area contributed by atoms with E-state index in [4.69, 9.17) is 27.3 Å². The number of aromatic nitrogens is 1. The molecule has 6 heteroatoms. The Balaban J connectivity index is 2.41. The minimum Gasteiger partial charge on any atom is -0.436 e. The summed E-state index contributed by atoms with van der Waals surface area (Å²) in [5, 5.41) is 9.04. The second kappa shape index (κ2) is 5.25. The lowest BCUT2D eigenvalue weighted by atomic mass is 10.3. The molecule has 2 rings (SSSR count). The van der Waals surface area contributed by atoms with E-state index in [1.54, 1.807) is 18.2 Å². The van der Waals surface area contributed by atoms with E-state index in [9.17, 15) is 0 Å². The highest BCUT2D eigenvalue weighted by Crippen LogP contribution is 2.36.